The van der Waals surface area contributed by atoms with Gasteiger partial charge in [0.25, 0.3) is 6.43 Å². The molecule has 0 atom stereocenters. The molecule has 4 heterocycles. The Morgan fingerprint density at radius 2 is 1.72 bits per heavy atom. The molecule has 0 radical (unpaired) electrons. The molecule has 3 aromatic heterocycles. The van der Waals surface area contributed by atoms with Crippen molar-refractivity contribution in [2.45, 2.75) is 26.8 Å². The molecule has 0 unspecified atom stereocenters. The first-order valence-electron chi connectivity index (χ1n) is 9.54. The van der Waals surface area contributed by atoms with Crippen LogP contribution in [0.1, 0.15) is 29.1 Å². The normalized spacial score (nSPS) is 15.4. The predicted molar refractivity (Wildman–Crippen MR) is 104 cm³/mol. The van der Waals surface area contributed by atoms with Gasteiger partial charge < -0.3 is 4.90 Å². The summed E-state index contributed by atoms with van der Waals surface area (Å²) in [6.45, 7) is 7.46. The van der Waals surface area contributed by atoms with Gasteiger partial charge in [0.1, 0.15) is 17.8 Å². The van der Waals surface area contributed by atoms with E-state index < -0.39 is 6.43 Å². The standard InChI is InChI=1S/C19H24F2N8/c1-13-8-14(2)29(24-13)17-9-16(22-12-23-17)28-6-4-27(5-7-28)11-15-10-26(3)25-18(15)19(20)21/h8-10,12,19H,4-7,11H2,1-3H3. The lowest BCUT2D eigenvalue weighted by molar-refractivity contribution is 0.142. The quantitative estimate of drug-likeness (QED) is 0.652. The van der Waals surface area contributed by atoms with Gasteiger partial charge in [-0.25, -0.2) is 23.4 Å². The monoisotopic (exact) mass is 402 g/mol. The predicted octanol–water partition coefficient (Wildman–Crippen LogP) is 2.27. The van der Waals surface area contributed by atoms with E-state index in [0.717, 1.165) is 49.2 Å². The summed E-state index contributed by atoms with van der Waals surface area (Å²) in [7, 11) is 1.67. The van der Waals surface area contributed by atoms with Crippen LogP contribution in [0.4, 0.5) is 14.6 Å². The molecule has 3 aromatic rings. The van der Waals surface area contributed by atoms with Crippen LogP contribution in [0.3, 0.4) is 0 Å². The Bertz CT molecular complexity index is 988. The highest BCUT2D eigenvalue weighted by molar-refractivity contribution is 5.44. The lowest BCUT2D eigenvalue weighted by Crippen LogP contribution is -2.46. The largest absolute Gasteiger partial charge is 0.354 e. The summed E-state index contributed by atoms with van der Waals surface area (Å²) in [4.78, 5) is 13.1. The van der Waals surface area contributed by atoms with Gasteiger partial charge in [0.05, 0.1) is 5.69 Å². The van der Waals surface area contributed by atoms with Crippen molar-refractivity contribution in [2.24, 2.45) is 7.05 Å². The highest BCUT2D eigenvalue weighted by Gasteiger charge is 2.23. The molecule has 0 aliphatic carbocycles. The fourth-order valence-corrected chi connectivity index (χ4v) is 3.72. The third-order valence-electron chi connectivity index (χ3n) is 5.10. The van der Waals surface area contributed by atoms with E-state index >= 15 is 0 Å². The lowest BCUT2D eigenvalue weighted by Gasteiger charge is -2.35. The summed E-state index contributed by atoms with van der Waals surface area (Å²) >= 11 is 0. The van der Waals surface area contributed by atoms with Gasteiger partial charge in [-0.1, -0.05) is 0 Å². The molecular formula is C19H24F2N8. The van der Waals surface area contributed by atoms with Crippen LogP contribution in [-0.4, -0.2) is 60.6 Å². The van der Waals surface area contributed by atoms with Gasteiger partial charge in [-0.2, -0.15) is 10.2 Å². The van der Waals surface area contributed by atoms with Crippen molar-refractivity contribution in [3.8, 4) is 5.82 Å². The summed E-state index contributed by atoms with van der Waals surface area (Å²) in [6, 6.07) is 3.94. The van der Waals surface area contributed by atoms with Crippen LogP contribution in [0, 0.1) is 13.8 Å². The number of aromatic nitrogens is 6. The Balaban J connectivity index is 1.43. The second-order valence-corrected chi connectivity index (χ2v) is 7.35. The lowest BCUT2D eigenvalue weighted by atomic mass is 10.2. The first-order valence-corrected chi connectivity index (χ1v) is 9.54. The van der Waals surface area contributed by atoms with Gasteiger partial charge in [0.15, 0.2) is 5.82 Å². The van der Waals surface area contributed by atoms with Crippen LogP contribution >= 0.6 is 0 Å². The zero-order valence-electron chi connectivity index (χ0n) is 16.8. The van der Waals surface area contributed by atoms with Gasteiger partial charge in [-0.3, -0.25) is 9.58 Å². The Morgan fingerprint density at radius 1 is 1.00 bits per heavy atom. The maximum absolute atomic E-state index is 13.2. The molecule has 154 valence electrons. The molecule has 4 rings (SSSR count). The molecule has 0 amide bonds. The summed E-state index contributed by atoms with van der Waals surface area (Å²) in [5, 5.41) is 8.37. The third-order valence-corrected chi connectivity index (χ3v) is 5.10. The molecule has 8 nitrogen and oxygen atoms in total. The number of piperazine rings is 1. The average molecular weight is 402 g/mol. The molecule has 0 N–H and O–H groups in total. The van der Waals surface area contributed by atoms with E-state index in [4.69, 9.17) is 0 Å². The van der Waals surface area contributed by atoms with Crippen LogP contribution in [0.5, 0.6) is 0 Å². The van der Waals surface area contributed by atoms with Crippen molar-refractivity contribution in [1.29, 1.82) is 0 Å². The third kappa shape index (κ3) is 4.12. The number of nitrogens with zero attached hydrogens (tertiary/aromatic N) is 8. The van der Waals surface area contributed by atoms with Crippen LogP contribution in [-0.2, 0) is 13.6 Å². The van der Waals surface area contributed by atoms with Crippen molar-refractivity contribution in [2.75, 3.05) is 31.1 Å². The minimum Gasteiger partial charge on any atom is -0.354 e. The highest BCUT2D eigenvalue weighted by atomic mass is 19.3. The average Bonchev–Trinajstić information content (AvgIpc) is 3.23. The van der Waals surface area contributed by atoms with E-state index in [1.54, 1.807) is 19.6 Å². The molecule has 1 saturated heterocycles. The fraction of sp³-hybridized carbons (Fsp3) is 0.474. The summed E-state index contributed by atoms with van der Waals surface area (Å²) < 4.78 is 29.6. The van der Waals surface area contributed by atoms with E-state index in [1.807, 2.05) is 30.7 Å². The van der Waals surface area contributed by atoms with Crippen LogP contribution in [0.2, 0.25) is 0 Å². The Morgan fingerprint density at radius 3 is 2.38 bits per heavy atom. The molecule has 0 aromatic carbocycles. The molecule has 29 heavy (non-hydrogen) atoms. The van der Waals surface area contributed by atoms with Gasteiger partial charge in [-0.15, -0.1) is 0 Å². The second kappa shape index (κ2) is 7.86. The van der Waals surface area contributed by atoms with Gasteiger partial charge in [0.2, 0.25) is 0 Å². The van der Waals surface area contributed by atoms with E-state index in [-0.39, 0.29) is 5.69 Å². The zero-order valence-corrected chi connectivity index (χ0v) is 16.8. The van der Waals surface area contributed by atoms with Crippen LogP contribution < -0.4 is 4.90 Å². The Hall–Kier alpha value is -2.88. The van der Waals surface area contributed by atoms with E-state index in [1.165, 1.54) is 4.68 Å². The Kier molecular flexibility index (Phi) is 5.27. The molecular weight excluding hydrogens is 378 g/mol. The minimum atomic E-state index is -2.55. The smallest absolute Gasteiger partial charge is 0.282 e. The maximum Gasteiger partial charge on any atom is 0.282 e. The number of hydrogen-bond donors (Lipinski definition) is 0. The number of alkyl halides is 2. The van der Waals surface area contributed by atoms with Crippen molar-refractivity contribution in [1.82, 2.24) is 34.4 Å². The molecule has 1 aliphatic heterocycles. The van der Waals surface area contributed by atoms with Crippen molar-refractivity contribution in [3.05, 3.63) is 47.3 Å². The molecule has 0 bridgehead atoms. The topological polar surface area (TPSA) is 67.9 Å². The van der Waals surface area contributed by atoms with Gasteiger partial charge in [0, 0.05) is 63.3 Å². The van der Waals surface area contributed by atoms with Crippen molar-refractivity contribution >= 4 is 5.82 Å². The van der Waals surface area contributed by atoms with Crippen molar-refractivity contribution < 1.29 is 8.78 Å². The van der Waals surface area contributed by atoms with E-state index in [2.05, 4.69) is 30.0 Å². The first kappa shape index (κ1) is 19.4. The summed E-state index contributed by atoms with van der Waals surface area (Å²) in [5.74, 6) is 1.58. The first-order chi connectivity index (χ1) is 13.9. The number of halogens is 2. The van der Waals surface area contributed by atoms with Crippen molar-refractivity contribution in [3.63, 3.8) is 0 Å². The summed E-state index contributed by atoms with van der Waals surface area (Å²) in [5.41, 5.74) is 2.42. The number of anilines is 1. The number of aryl methyl sites for hydroxylation is 3. The van der Waals surface area contributed by atoms with Crippen LogP contribution in [0.25, 0.3) is 5.82 Å². The van der Waals surface area contributed by atoms with Crippen LogP contribution in [0.15, 0.2) is 24.7 Å². The molecule has 1 fully saturated rings. The molecule has 1 aliphatic rings. The summed E-state index contributed by atoms with van der Waals surface area (Å²) in [6.07, 6.45) is 0.679. The fourth-order valence-electron chi connectivity index (χ4n) is 3.72. The molecule has 0 saturated carbocycles. The highest BCUT2D eigenvalue weighted by Crippen LogP contribution is 2.23. The Labute approximate surface area is 167 Å². The van der Waals surface area contributed by atoms with E-state index in [9.17, 15) is 8.78 Å². The minimum absolute atomic E-state index is 0.125. The second-order valence-electron chi connectivity index (χ2n) is 7.35. The van der Waals surface area contributed by atoms with E-state index in [0.29, 0.717) is 12.1 Å². The maximum atomic E-state index is 13.2. The SMILES string of the molecule is Cc1cc(C)n(-c2cc(N3CCN(Cc4cn(C)nc4C(F)F)CC3)ncn2)n1. The van der Waals surface area contributed by atoms with Gasteiger partial charge in [-0.05, 0) is 19.9 Å². The van der Waals surface area contributed by atoms with Gasteiger partial charge >= 0.3 is 0 Å². The molecule has 10 heteroatoms. The molecule has 0 spiro atoms. The number of hydrogen-bond acceptors (Lipinski definition) is 6. The zero-order chi connectivity index (χ0) is 20.5. The number of rotatable bonds is 5.